The maximum Gasteiger partial charge on any atom is 0.273 e. The molecule has 1 heterocycles. The van der Waals surface area contributed by atoms with Gasteiger partial charge < -0.3 is 4.90 Å². The van der Waals surface area contributed by atoms with Crippen molar-refractivity contribution < 1.29 is 18.1 Å². The standard InChI is InChI=1S/C21H23N5O5S/c1-23(15-18-7-2-4-8-19(18)26(28)29)16-21(27)24-10-12-25(13-11-24)32(30,31)20-9-5-3-6-17(20)14-22/h2-9H,10-13,15-16H2,1H3. The highest BCUT2D eigenvalue weighted by molar-refractivity contribution is 7.89. The molecule has 0 N–H and O–H groups in total. The first-order valence-electron chi connectivity index (χ1n) is 9.92. The molecule has 2 aromatic carbocycles. The fourth-order valence-corrected chi connectivity index (χ4v) is 5.17. The molecule has 3 rings (SSSR count). The van der Waals surface area contributed by atoms with Crippen molar-refractivity contribution in [3.05, 3.63) is 69.8 Å². The third-order valence-electron chi connectivity index (χ3n) is 5.25. The molecule has 1 amide bonds. The number of nitro groups is 1. The first-order chi connectivity index (χ1) is 15.2. The number of carbonyl (C=O) groups is 1. The van der Waals surface area contributed by atoms with Crippen LogP contribution in [0.2, 0.25) is 0 Å². The number of piperazine rings is 1. The first kappa shape index (κ1) is 23.3. The maximum absolute atomic E-state index is 12.9. The molecule has 0 saturated carbocycles. The van der Waals surface area contributed by atoms with Crippen LogP contribution in [-0.2, 0) is 21.4 Å². The molecule has 0 spiro atoms. The fraction of sp³-hybridized carbons (Fsp3) is 0.333. The SMILES string of the molecule is CN(CC(=O)N1CCN(S(=O)(=O)c2ccccc2C#N)CC1)Cc1ccccc1[N+](=O)[O-]. The number of hydrogen-bond donors (Lipinski definition) is 0. The van der Waals surface area contributed by atoms with Crippen molar-refractivity contribution in [3.8, 4) is 6.07 Å². The normalized spacial score (nSPS) is 14.8. The number of nitro benzene ring substituents is 1. The molecule has 0 bridgehead atoms. The summed E-state index contributed by atoms with van der Waals surface area (Å²) in [5.41, 5.74) is 0.603. The molecule has 1 saturated heterocycles. The Morgan fingerprint density at radius 3 is 2.41 bits per heavy atom. The lowest BCUT2D eigenvalue weighted by Gasteiger charge is -2.34. The van der Waals surface area contributed by atoms with Gasteiger partial charge in [0.2, 0.25) is 15.9 Å². The highest BCUT2D eigenvalue weighted by atomic mass is 32.2. The third-order valence-corrected chi connectivity index (χ3v) is 7.21. The quantitative estimate of drug-likeness (QED) is 0.454. The van der Waals surface area contributed by atoms with E-state index in [0.717, 1.165) is 0 Å². The molecule has 0 aliphatic carbocycles. The summed E-state index contributed by atoms with van der Waals surface area (Å²) in [6, 6.07) is 14.3. The molecular formula is C21H23N5O5S. The van der Waals surface area contributed by atoms with Crippen LogP contribution in [-0.4, -0.2) is 73.1 Å². The number of carbonyl (C=O) groups excluding carboxylic acids is 1. The molecular weight excluding hydrogens is 434 g/mol. The molecule has 1 aliphatic rings. The van der Waals surface area contributed by atoms with E-state index in [1.807, 2.05) is 6.07 Å². The number of para-hydroxylation sites is 1. The molecule has 10 nitrogen and oxygen atoms in total. The van der Waals surface area contributed by atoms with Gasteiger partial charge in [0.15, 0.2) is 0 Å². The maximum atomic E-state index is 12.9. The number of sulfonamides is 1. The van der Waals surface area contributed by atoms with E-state index in [0.29, 0.717) is 5.56 Å². The molecule has 0 aromatic heterocycles. The summed E-state index contributed by atoms with van der Waals surface area (Å²) >= 11 is 0. The van der Waals surface area contributed by atoms with E-state index >= 15 is 0 Å². The van der Waals surface area contributed by atoms with Crippen molar-refractivity contribution in [3.63, 3.8) is 0 Å². The zero-order valence-electron chi connectivity index (χ0n) is 17.5. The summed E-state index contributed by atoms with van der Waals surface area (Å²) in [5.74, 6) is -0.180. The van der Waals surface area contributed by atoms with E-state index in [2.05, 4.69) is 0 Å². The van der Waals surface area contributed by atoms with Gasteiger partial charge in [0.05, 0.1) is 21.9 Å². The molecule has 2 aromatic rings. The van der Waals surface area contributed by atoms with Crippen molar-refractivity contribution in [2.24, 2.45) is 0 Å². The molecule has 168 valence electrons. The summed E-state index contributed by atoms with van der Waals surface area (Å²) in [4.78, 5) is 26.6. The van der Waals surface area contributed by atoms with Gasteiger partial charge in [-0.3, -0.25) is 19.8 Å². The molecule has 1 fully saturated rings. The monoisotopic (exact) mass is 457 g/mol. The average Bonchev–Trinajstić information content (AvgIpc) is 2.79. The van der Waals surface area contributed by atoms with Crippen LogP contribution in [0.1, 0.15) is 11.1 Å². The minimum absolute atomic E-state index is 0.00303. The van der Waals surface area contributed by atoms with E-state index in [9.17, 15) is 28.6 Å². The van der Waals surface area contributed by atoms with Gasteiger partial charge in [-0.05, 0) is 19.2 Å². The molecule has 0 atom stereocenters. The number of nitrogens with zero attached hydrogens (tertiary/aromatic N) is 5. The van der Waals surface area contributed by atoms with Crippen LogP contribution in [0, 0.1) is 21.4 Å². The lowest BCUT2D eigenvalue weighted by atomic mass is 10.1. The van der Waals surface area contributed by atoms with Gasteiger partial charge in [-0.2, -0.15) is 9.57 Å². The summed E-state index contributed by atoms with van der Waals surface area (Å²) in [5, 5.41) is 20.4. The Morgan fingerprint density at radius 1 is 1.12 bits per heavy atom. The molecule has 32 heavy (non-hydrogen) atoms. The van der Waals surface area contributed by atoms with Gasteiger partial charge >= 0.3 is 0 Å². The summed E-state index contributed by atoms with van der Waals surface area (Å²) in [7, 11) is -2.13. The Morgan fingerprint density at radius 2 is 1.75 bits per heavy atom. The summed E-state index contributed by atoms with van der Waals surface area (Å²) < 4.78 is 27.1. The highest BCUT2D eigenvalue weighted by Crippen LogP contribution is 2.22. The Labute approximate surface area is 186 Å². The second-order valence-electron chi connectivity index (χ2n) is 7.45. The first-order valence-corrected chi connectivity index (χ1v) is 11.4. The fourth-order valence-electron chi connectivity index (χ4n) is 3.60. The smallest absolute Gasteiger partial charge is 0.273 e. The lowest BCUT2D eigenvalue weighted by Crippen LogP contribution is -2.52. The molecule has 0 radical (unpaired) electrons. The van der Waals surface area contributed by atoms with Crippen molar-refractivity contribution in [1.82, 2.24) is 14.1 Å². The van der Waals surface area contributed by atoms with E-state index < -0.39 is 14.9 Å². The molecule has 1 aliphatic heterocycles. The molecule has 11 heteroatoms. The number of rotatable bonds is 7. The topological polar surface area (TPSA) is 128 Å². The number of amides is 1. The van der Waals surface area contributed by atoms with Crippen LogP contribution in [0.15, 0.2) is 53.4 Å². The van der Waals surface area contributed by atoms with Crippen LogP contribution < -0.4 is 0 Å². The summed E-state index contributed by atoms with van der Waals surface area (Å²) in [6.45, 7) is 1.000. The van der Waals surface area contributed by atoms with Gasteiger partial charge in [0, 0.05) is 44.4 Å². The average molecular weight is 458 g/mol. The zero-order chi connectivity index (χ0) is 23.3. The third kappa shape index (κ3) is 5.11. The Bertz CT molecular complexity index is 1150. The van der Waals surface area contributed by atoms with E-state index in [1.54, 1.807) is 47.2 Å². The molecule has 0 unspecified atom stereocenters. The minimum atomic E-state index is -3.83. The van der Waals surface area contributed by atoms with Crippen LogP contribution in [0.4, 0.5) is 5.69 Å². The predicted octanol–water partition coefficient (Wildman–Crippen LogP) is 1.43. The Hall–Kier alpha value is -3.33. The van der Waals surface area contributed by atoms with Crippen molar-refractivity contribution >= 4 is 21.6 Å². The zero-order valence-corrected chi connectivity index (χ0v) is 18.4. The second-order valence-corrected chi connectivity index (χ2v) is 9.36. The van der Waals surface area contributed by atoms with Crippen LogP contribution in [0.3, 0.4) is 0 Å². The van der Waals surface area contributed by atoms with E-state index in [4.69, 9.17) is 0 Å². The van der Waals surface area contributed by atoms with Crippen molar-refractivity contribution in [1.29, 1.82) is 5.26 Å². The number of benzene rings is 2. The number of likely N-dealkylation sites (N-methyl/N-ethyl adjacent to an activating group) is 1. The van der Waals surface area contributed by atoms with Gasteiger partial charge in [-0.25, -0.2) is 8.42 Å². The Kier molecular flexibility index (Phi) is 7.19. The summed E-state index contributed by atoms with van der Waals surface area (Å²) in [6.07, 6.45) is 0. The van der Waals surface area contributed by atoms with Gasteiger partial charge in [0.1, 0.15) is 6.07 Å². The van der Waals surface area contributed by atoms with Crippen LogP contribution >= 0.6 is 0 Å². The van der Waals surface area contributed by atoms with Gasteiger partial charge in [-0.15, -0.1) is 0 Å². The van der Waals surface area contributed by atoms with E-state index in [1.165, 1.54) is 22.5 Å². The lowest BCUT2D eigenvalue weighted by molar-refractivity contribution is -0.385. The largest absolute Gasteiger partial charge is 0.339 e. The predicted molar refractivity (Wildman–Crippen MR) is 116 cm³/mol. The van der Waals surface area contributed by atoms with Crippen LogP contribution in [0.25, 0.3) is 0 Å². The van der Waals surface area contributed by atoms with Gasteiger partial charge in [-0.1, -0.05) is 30.3 Å². The van der Waals surface area contributed by atoms with Crippen molar-refractivity contribution in [2.45, 2.75) is 11.4 Å². The van der Waals surface area contributed by atoms with Gasteiger partial charge in [0.25, 0.3) is 5.69 Å². The van der Waals surface area contributed by atoms with E-state index in [-0.39, 0.29) is 61.3 Å². The second kappa shape index (κ2) is 9.86. The highest BCUT2D eigenvalue weighted by Gasteiger charge is 2.31. The number of hydrogen-bond acceptors (Lipinski definition) is 7. The van der Waals surface area contributed by atoms with Crippen molar-refractivity contribution in [2.75, 3.05) is 39.8 Å². The minimum Gasteiger partial charge on any atom is -0.339 e. The Balaban J connectivity index is 1.59. The number of nitriles is 1. The van der Waals surface area contributed by atoms with Crippen LogP contribution in [0.5, 0.6) is 0 Å².